The Morgan fingerprint density at radius 2 is 1.88 bits per heavy atom. The van der Waals surface area contributed by atoms with Crippen LogP contribution in [0.4, 0.5) is 0 Å². The zero-order valence-electron chi connectivity index (χ0n) is 15.7. The third-order valence-electron chi connectivity index (χ3n) is 6.08. The lowest BCUT2D eigenvalue weighted by molar-refractivity contribution is 0.377. The minimum atomic E-state index is -0.280. The second kappa shape index (κ2) is 6.54. The van der Waals surface area contributed by atoms with Gasteiger partial charge in [-0.05, 0) is 51.9 Å². The lowest BCUT2D eigenvalue weighted by Crippen LogP contribution is -2.45. The fourth-order valence-electron chi connectivity index (χ4n) is 4.86. The van der Waals surface area contributed by atoms with Gasteiger partial charge in [0.05, 0.1) is 5.69 Å². The standard InChI is InChI=1S/C21H27N3O2/c1-23(2)12-7-13-24-19(25)17-18(22-20(24)26)16-9-4-3-8-15(16)14-21(17)10-5-6-11-21/h3-4,8-9H,5-7,10-14H2,1-2H3,(H,22,26). The number of hydrogen-bond donors (Lipinski definition) is 1. The molecule has 26 heavy (non-hydrogen) atoms. The van der Waals surface area contributed by atoms with Crippen LogP contribution in [0.5, 0.6) is 0 Å². The van der Waals surface area contributed by atoms with E-state index in [2.05, 4.69) is 16.0 Å². The maximum absolute atomic E-state index is 13.4. The molecular weight excluding hydrogens is 326 g/mol. The number of H-pyrrole nitrogens is 1. The van der Waals surface area contributed by atoms with Crippen LogP contribution >= 0.6 is 0 Å². The Bertz CT molecular complexity index is 933. The van der Waals surface area contributed by atoms with Crippen LogP contribution in [0.25, 0.3) is 11.3 Å². The number of nitrogens with zero attached hydrogens (tertiary/aromatic N) is 2. The van der Waals surface area contributed by atoms with E-state index < -0.39 is 0 Å². The van der Waals surface area contributed by atoms with Gasteiger partial charge in [0.1, 0.15) is 0 Å². The van der Waals surface area contributed by atoms with Crippen molar-refractivity contribution >= 4 is 0 Å². The molecule has 1 spiro atoms. The van der Waals surface area contributed by atoms with Gasteiger partial charge in [0.15, 0.2) is 0 Å². The van der Waals surface area contributed by atoms with Crippen molar-refractivity contribution in [3.63, 3.8) is 0 Å². The zero-order valence-corrected chi connectivity index (χ0v) is 15.7. The summed E-state index contributed by atoms with van der Waals surface area (Å²) in [5.41, 5.74) is 3.45. The molecule has 1 fully saturated rings. The van der Waals surface area contributed by atoms with Gasteiger partial charge in [-0.1, -0.05) is 37.1 Å². The highest BCUT2D eigenvalue weighted by Gasteiger charge is 2.44. The lowest BCUT2D eigenvalue weighted by atomic mass is 9.68. The zero-order chi connectivity index (χ0) is 18.3. The first-order chi connectivity index (χ1) is 12.5. The molecular formula is C21H27N3O2. The Balaban J connectivity index is 1.88. The molecule has 5 nitrogen and oxygen atoms in total. The second-order valence-corrected chi connectivity index (χ2v) is 8.12. The molecule has 0 bridgehead atoms. The van der Waals surface area contributed by atoms with Gasteiger partial charge in [-0.25, -0.2) is 4.79 Å². The minimum Gasteiger partial charge on any atom is -0.309 e. The summed E-state index contributed by atoms with van der Waals surface area (Å²) in [6, 6.07) is 8.20. The van der Waals surface area contributed by atoms with Gasteiger partial charge >= 0.3 is 5.69 Å². The number of fused-ring (bicyclic) bond motifs is 4. The monoisotopic (exact) mass is 353 g/mol. The Hall–Kier alpha value is -2.14. The Kier molecular flexibility index (Phi) is 4.35. The van der Waals surface area contributed by atoms with E-state index >= 15 is 0 Å². The van der Waals surface area contributed by atoms with Crippen LogP contribution in [0.3, 0.4) is 0 Å². The van der Waals surface area contributed by atoms with Gasteiger partial charge in [-0.2, -0.15) is 0 Å². The summed E-state index contributed by atoms with van der Waals surface area (Å²) >= 11 is 0. The van der Waals surface area contributed by atoms with Gasteiger partial charge in [-0.15, -0.1) is 0 Å². The Labute approximate surface area is 153 Å². The number of nitrogens with one attached hydrogen (secondary N) is 1. The van der Waals surface area contributed by atoms with Gasteiger partial charge in [0.25, 0.3) is 5.56 Å². The average Bonchev–Trinajstić information content (AvgIpc) is 3.05. The normalized spacial score (nSPS) is 17.5. The SMILES string of the molecule is CN(C)CCCn1c(=O)[nH]c2c(c1=O)C1(CCCC1)Cc1ccccc1-2. The van der Waals surface area contributed by atoms with E-state index in [1.807, 2.05) is 32.3 Å². The molecule has 0 amide bonds. The summed E-state index contributed by atoms with van der Waals surface area (Å²) in [6.45, 7) is 1.33. The first-order valence-corrected chi connectivity index (χ1v) is 9.62. The molecule has 138 valence electrons. The molecule has 1 aromatic carbocycles. The van der Waals surface area contributed by atoms with Crippen LogP contribution < -0.4 is 11.2 Å². The molecule has 4 rings (SSSR count). The van der Waals surface area contributed by atoms with Crippen molar-refractivity contribution in [1.82, 2.24) is 14.5 Å². The number of aromatic amines is 1. The van der Waals surface area contributed by atoms with E-state index in [9.17, 15) is 9.59 Å². The van der Waals surface area contributed by atoms with Crippen molar-refractivity contribution in [2.45, 2.75) is 50.5 Å². The highest BCUT2D eigenvalue weighted by molar-refractivity contribution is 5.71. The van der Waals surface area contributed by atoms with Gasteiger partial charge in [0.2, 0.25) is 0 Å². The first kappa shape index (κ1) is 17.3. The molecule has 2 aliphatic rings. The van der Waals surface area contributed by atoms with Crippen LogP contribution in [-0.2, 0) is 18.4 Å². The van der Waals surface area contributed by atoms with E-state index in [4.69, 9.17) is 0 Å². The fraction of sp³-hybridized carbons (Fsp3) is 0.524. The highest BCUT2D eigenvalue weighted by atomic mass is 16.2. The lowest BCUT2D eigenvalue weighted by Gasteiger charge is -2.36. The van der Waals surface area contributed by atoms with Crippen molar-refractivity contribution in [1.29, 1.82) is 0 Å². The van der Waals surface area contributed by atoms with Gasteiger partial charge in [-0.3, -0.25) is 9.36 Å². The van der Waals surface area contributed by atoms with E-state index in [0.717, 1.165) is 61.9 Å². The molecule has 2 aliphatic carbocycles. The predicted octanol–water partition coefficient (Wildman–Crippen LogP) is 2.52. The molecule has 1 N–H and O–H groups in total. The average molecular weight is 353 g/mol. The highest BCUT2D eigenvalue weighted by Crippen LogP contribution is 2.49. The smallest absolute Gasteiger partial charge is 0.309 e. The van der Waals surface area contributed by atoms with E-state index in [-0.39, 0.29) is 16.7 Å². The van der Waals surface area contributed by atoms with E-state index in [0.29, 0.717) is 6.54 Å². The number of aromatic nitrogens is 2. The number of benzene rings is 1. The fourth-order valence-corrected chi connectivity index (χ4v) is 4.86. The van der Waals surface area contributed by atoms with Crippen molar-refractivity contribution < 1.29 is 0 Å². The largest absolute Gasteiger partial charge is 0.328 e. The van der Waals surface area contributed by atoms with Crippen LogP contribution in [0.2, 0.25) is 0 Å². The maximum Gasteiger partial charge on any atom is 0.328 e. The van der Waals surface area contributed by atoms with Crippen LogP contribution in [-0.4, -0.2) is 35.1 Å². The number of rotatable bonds is 4. The third-order valence-corrected chi connectivity index (χ3v) is 6.08. The molecule has 0 unspecified atom stereocenters. The summed E-state index contributed by atoms with van der Waals surface area (Å²) in [5, 5.41) is 0. The van der Waals surface area contributed by atoms with Crippen molar-refractivity contribution in [2.75, 3.05) is 20.6 Å². The summed E-state index contributed by atoms with van der Waals surface area (Å²) in [7, 11) is 4.01. The van der Waals surface area contributed by atoms with E-state index in [1.165, 1.54) is 10.1 Å². The molecule has 0 atom stereocenters. The van der Waals surface area contributed by atoms with Crippen molar-refractivity contribution in [3.8, 4) is 11.3 Å². The third kappa shape index (κ3) is 2.75. The van der Waals surface area contributed by atoms with Crippen LogP contribution in [0, 0.1) is 0 Å². The summed E-state index contributed by atoms with van der Waals surface area (Å²) < 4.78 is 1.43. The molecule has 1 saturated carbocycles. The Morgan fingerprint density at radius 3 is 2.62 bits per heavy atom. The molecule has 5 heteroatoms. The summed E-state index contributed by atoms with van der Waals surface area (Å²) in [4.78, 5) is 31.3. The molecule has 1 heterocycles. The van der Waals surface area contributed by atoms with Crippen LogP contribution in [0.1, 0.15) is 43.2 Å². The number of hydrogen-bond acceptors (Lipinski definition) is 3. The second-order valence-electron chi connectivity index (χ2n) is 8.12. The molecule has 0 aliphatic heterocycles. The predicted molar refractivity (Wildman–Crippen MR) is 104 cm³/mol. The summed E-state index contributed by atoms with van der Waals surface area (Å²) in [5.74, 6) is 0. The van der Waals surface area contributed by atoms with Crippen molar-refractivity contribution in [2.24, 2.45) is 0 Å². The molecule has 2 aromatic rings. The van der Waals surface area contributed by atoms with Crippen LogP contribution in [0.15, 0.2) is 33.9 Å². The molecule has 0 saturated heterocycles. The Morgan fingerprint density at radius 1 is 1.15 bits per heavy atom. The topological polar surface area (TPSA) is 58.1 Å². The molecule has 1 aromatic heterocycles. The first-order valence-electron chi connectivity index (χ1n) is 9.62. The quantitative estimate of drug-likeness (QED) is 0.919. The van der Waals surface area contributed by atoms with Crippen molar-refractivity contribution in [3.05, 3.63) is 56.2 Å². The van der Waals surface area contributed by atoms with Gasteiger partial charge < -0.3 is 9.88 Å². The maximum atomic E-state index is 13.4. The minimum absolute atomic E-state index is 0.0705. The van der Waals surface area contributed by atoms with Gasteiger partial charge in [0, 0.05) is 23.1 Å². The van der Waals surface area contributed by atoms with E-state index in [1.54, 1.807) is 0 Å². The molecule has 0 radical (unpaired) electrons. The summed E-state index contributed by atoms with van der Waals surface area (Å²) in [6.07, 6.45) is 6.08.